The highest BCUT2D eigenvalue weighted by Gasteiger charge is 2.60. The van der Waals surface area contributed by atoms with Gasteiger partial charge in [0.2, 0.25) is 5.91 Å². The molecule has 2 amide bonds. The van der Waals surface area contributed by atoms with Crippen LogP contribution >= 0.6 is 11.8 Å². The fourth-order valence-corrected chi connectivity index (χ4v) is 6.41. The summed E-state index contributed by atoms with van der Waals surface area (Å²) < 4.78 is 1.63. The first-order valence-corrected chi connectivity index (χ1v) is 13.4. The number of carbonyl (C=O) groups is 2. The highest BCUT2D eigenvalue weighted by molar-refractivity contribution is 7.99. The van der Waals surface area contributed by atoms with E-state index < -0.39 is 0 Å². The largest absolute Gasteiger partial charge is 0.370 e. The number of hydrazone groups is 1. The monoisotopic (exact) mass is 497 g/mol. The van der Waals surface area contributed by atoms with Gasteiger partial charge in [0.15, 0.2) is 5.16 Å². The molecule has 2 aliphatic rings. The molecule has 2 aliphatic carbocycles. The van der Waals surface area contributed by atoms with E-state index in [0.717, 1.165) is 31.4 Å². The molecule has 2 aromatic rings. The Bertz CT molecular complexity index is 1220. The summed E-state index contributed by atoms with van der Waals surface area (Å²) in [5.74, 6) is 0.217. The molecule has 2 bridgehead atoms. The third-order valence-electron chi connectivity index (χ3n) is 8.29. The van der Waals surface area contributed by atoms with Crippen molar-refractivity contribution in [1.82, 2.24) is 15.0 Å². The van der Waals surface area contributed by atoms with Crippen molar-refractivity contribution in [2.75, 3.05) is 5.75 Å². The molecule has 3 N–H and O–H groups in total. The Morgan fingerprint density at radius 1 is 1.23 bits per heavy atom. The van der Waals surface area contributed by atoms with E-state index in [1.807, 2.05) is 18.2 Å². The van der Waals surface area contributed by atoms with Crippen molar-refractivity contribution in [3.05, 3.63) is 34.6 Å². The summed E-state index contributed by atoms with van der Waals surface area (Å²) in [6.07, 6.45) is 5.80. The summed E-state index contributed by atoms with van der Waals surface area (Å²) in [5.41, 5.74) is 9.79. The lowest BCUT2D eigenvalue weighted by molar-refractivity contribution is -0.119. The van der Waals surface area contributed by atoms with E-state index >= 15 is 0 Å². The first-order chi connectivity index (χ1) is 16.6. The van der Waals surface area contributed by atoms with Gasteiger partial charge in [0, 0.05) is 24.1 Å². The van der Waals surface area contributed by atoms with Crippen LogP contribution in [0.4, 0.5) is 0 Å². The number of para-hydroxylation sites is 1. The zero-order valence-corrected chi connectivity index (χ0v) is 21.6. The molecule has 8 nitrogen and oxygen atoms in total. The van der Waals surface area contributed by atoms with Gasteiger partial charge in [0.05, 0.1) is 16.7 Å². The second-order valence-electron chi connectivity index (χ2n) is 10.5. The van der Waals surface area contributed by atoms with E-state index in [0.29, 0.717) is 41.4 Å². The van der Waals surface area contributed by atoms with E-state index in [1.165, 1.54) is 18.2 Å². The number of benzene rings is 1. The normalized spacial score (nSPS) is 23.7. The van der Waals surface area contributed by atoms with Crippen LogP contribution in [0.3, 0.4) is 0 Å². The molecule has 2 atom stereocenters. The van der Waals surface area contributed by atoms with Crippen LogP contribution in [-0.2, 0) is 16.1 Å². The predicted molar refractivity (Wildman–Crippen MR) is 139 cm³/mol. The molecular weight excluding hydrogens is 462 g/mol. The first-order valence-electron chi connectivity index (χ1n) is 12.4. The molecule has 188 valence electrons. The first kappa shape index (κ1) is 25.4. The number of nitrogens with one attached hydrogen (secondary N) is 1. The van der Waals surface area contributed by atoms with Crippen LogP contribution in [0.2, 0.25) is 0 Å². The van der Waals surface area contributed by atoms with Crippen molar-refractivity contribution >= 4 is 40.2 Å². The van der Waals surface area contributed by atoms with E-state index in [2.05, 4.69) is 36.3 Å². The van der Waals surface area contributed by atoms with Crippen LogP contribution in [0.5, 0.6) is 0 Å². The molecular formula is C26H35N5O3S. The van der Waals surface area contributed by atoms with E-state index in [-0.39, 0.29) is 34.0 Å². The average molecular weight is 498 g/mol. The molecule has 1 aromatic heterocycles. The number of aromatic nitrogens is 2. The molecule has 2 saturated carbocycles. The van der Waals surface area contributed by atoms with Gasteiger partial charge in [-0.15, -0.1) is 0 Å². The van der Waals surface area contributed by atoms with Crippen molar-refractivity contribution in [2.45, 2.75) is 77.4 Å². The summed E-state index contributed by atoms with van der Waals surface area (Å²) in [7, 11) is 0. The minimum absolute atomic E-state index is 0.0347. The van der Waals surface area contributed by atoms with Gasteiger partial charge in [-0.2, -0.15) is 5.10 Å². The van der Waals surface area contributed by atoms with Crippen molar-refractivity contribution in [3.8, 4) is 0 Å². The molecule has 1 heterocycles. The number of amides is 2. The zero-order valence-electron chi connectivity index (χ0n) is 20.8. The Hall–Kier alpha value is -2.68. The summed E-state index contributed by atoms with van der Waals surface area (Å²) >= 11 is 1.25. The molecule has 0 saturated heterocycles. The summed E-state index contributed by atoms with van der Waals surface area (Å²) in [5, 5.41) is 5.60. The molecule has 9 heteroatoms. The zero-order chi connectivity index (χ0) is 25.2. The number of rotatable bonds is 10. The molecule has 0 spiro atoms. The van der Waals surface area contributed by atoms with Crippen LogP contribution in [0.1, 0.15) is 65.7 Å². The number of hydrogen-bond acceptors (Lipinski definition) is 6. The summed E-state index contributed by atoms with van der Waals surface area (Å²) in [6.45, 7) is 7.35. The minimum Gasteiger partial charge on any atom is -0.370 e. The summed E-state index contributed by atoms with van der Waals surface area (Å²) in [4.78, 5) is 41.5. The van der Waals surface area contributed by atoms with Crippen molar-refractivity contribution in [2.24, 2.45) is 27.6 Å². The standard InChI is InChI=1S/C26H35N5O3S/c1-25(2)17-12-13-26(25,3)20(15-17)29-30-22(33)16-35-24-28-19-10-7-6-9-18(19)23(34)31(24)14-8-4-5-11-21(27)32/h6-7,9-10,17H,4-5,8,11-16H2,1-3H3,(H2,27,32)(H,30,33)/b29-20-. The van der Waals surface area contributed by atoms with E-state index in [4.69, 9.17) is 5.73 Å². The maximum absolute atomic E-state index is 13.1. The number of nitrogens with zero attached hydrogens (tertiary/aromatic N) is 3. The number of unbranched alkanes of at least 4 members (excludes halogenated alkanes) is 2. The highest BCUT2D eigenvalue weighted by Crippen LogP contribution is 2.63. The van der Waals surface area contributed by atoms with Crippen molar-refractivity contribution in [1.29, 1.82) is 0 Å². The topological polar surface area (TPSA) is 119 Å². The fourth-order valence-electron chi connectivity index (χ4n) is 5.59. The lowest BCUT2D eigenvalue weighted by Crippen LogP contribution is -2.34. The Balaban J connectivity index is 1.43. The maximum Gasteiger partial charge on any atom is 0.262 e. The Morgan fingerprint density at radius 3 is 2.69 bits per heavy atom. The van der Waals surface area contributed by atoms with Crippen LogP contribution < -0.4 is 16.7 Å². The average Bonchev–Trinajstić information content (AvgIpc) is 3.16. The molecule has 2 fully saturated rings. The minimum atomic E-state index is -0.316. The Kier molecular flexibility index (Phi) is 7.35. The second kappa shape index (κ2) is 10.1. The number of nitrogens with two attached hydrogens (primary N) is 1. The van der Waals surface area contributed by atoms with Gasteiger partial charge in [-0.05, 0) is 55.6 Å². The third-order valence-corrected chi connectivity index (χ3v) is 9.27. The molecule has 35 heavy (non-hydrogen) atoms. The fraction of sp³-hybridized carbons (Fsp3) is 0.577. The van der Waals surface area contributed by atoms with Crippen LogP contribution in [0.25, 0.3) is 10.9 Å². The SMILES string of the molecule is CC12CCC(C/C1=N/NC(=O)CSc1nc3ccccc3c(=O)n1CCCCCC(N)=O)C2(C)C. The molecule has 0 radical (unpaired) electrons. The van der Waals surface area contributed by atoms with Crippen molar-refractivity contribution < 1.29 is 9.59 Å². The predicted octanol–water partition coefficient (Wildman–Crippen LogP) is 3.85. The number of thioether (sulfide) groups is 1. The van der Waals surface area contributed by atoms with Crippen LogP contribution in [0.15, 0.2) is 39.3 Å². The maximum atomic E-state index is 13.1. The van der Waals surface area contributed by atoms with Gasteiger partial charge in [0.25, 0.3) is 11.5 Å². The quantitative estimate of drug-likeness (QED) is 0.224. The number of primary amides is 1. The lowest BCUT2D eigenvalue weighted by atomic mass is 9.70. The van der Waals surface area contributed by atoms with Gasteiger partial charge in [0.1, 0.15) is 0 Å². The molecule has 4 rings (SSSR count). The van der Waals surface area contributed by atoms with Gasteiger partial charge < -0.3 is 5.73 Å². The van der Waals surface area contributed by atoms with E-state index in [9.17, 15) is 14.4 Å². The third kappa shape index (κ3) is 5.01. The number of hydrogen-bond donors (Lipinski definition) is 2. The smallest absolute Gasteiger partial charge is 0.262 e. The second-order valence-corrected chi connectivity index (χ2v) is 11.5. The van der Waals surface area contributed by atoms with Crippen LogP contribution in [-0.4, -0.2) is 32.8 Å². The van der Waals surface area contributed by atoms with Gasteiger partial charge in [-0.3, -0.25) is 19.0 Å². The Labute approximate surface area is 210 Å². The number of fused-ring (bicyclic) bond motifs is 3. The molecule has 1 aromatic carbocycles. The molecule has 0 aliphatic heterocycles. The highest BCUT2D eigenvalue weighted by atomic mass is 32.2. The lowest BCUT2D eigenvalue weighted by Gasteiger charge is -2.34. The Morgan fingerprint density at radius 2 is 2.00 bits per heavy atom. The summed E-state index contributed by atoms with van der Waals surface area (Å²) in [6, 6.07) is 7.24. The van der Waals surface area contributed by atoms with Crippen molar-refractivity contribution in [3.63, 3.8) is 0 Å². The van der Waals surface area contributed by atoms with Crippen LogP contribution in [0, 0.1) is 16.7 Å². The van der Waals surface area contributed by atoms with Gasteiger partial charge in [-0.25, -0.2) is 10.4 Å². The molecule has 2 unspecified atom stereocenters. The number of carbonyl (C=O) groups excluding carboxylic acids is 2. The van der Waals surface area contributed by atoms with E-state index in [1.54, 1.807) is 10.6 Å². The van der Waals surface area contributed by atoms with Gasteiger partial charge >= 0.3 is 0 Å². The van der Waals surface area contributed by atoms with Gasteiger partial charge in [-0.1, -0.05) is 51.1 Å².